The summed E-state index contributed by atoms with van der Waals surface area (Å²) in [7, 11) is 0. The van der Waals surface area contributed by atoms with Crippen molar-refractivity contribution in [2.45, 2.75) is 26.2 Å². The summed E-state index contributed by atoms with van der Waals surface area (Å²) in [6.07, 6.45) is 3.30. The van der Waals surface area contributed by atoms with Gasteiger partial charge in [0.1, 0.15) is 5.76 Å². The van der Waals surface area contributed by atoms with Crippen LogP contribution in [0.25, 0.3) is 11.1 Å². The van der Waals surface area contributed by atoms with Crippen molar-refractivity contribution in [3.8, 4) is 11.1 Å². The summed E-state index contributed by atoms with van der Waals surface area (Å²) in [6, 6.07) is 8.60. The molecule has 3 rings (SSSR count). The molecular formula is C18H20N6O2. The van der Waals surface area contributed by atoms with Crippen molar-refractivity contribution >= 4 is 23.5 Å². The van der Waals surface area contributed by atoms with Crippen LogP contribution in [0.3, 0.4) is 0 Å². The highest BCUT2D eigenvalue weighted by molar-refractivity contribution is 5.99. The zero-order chi connectivity index (χ0) is 18.7. The van der Waals surface area contributed by atoms with Gasteiger partial charge < -0.3 is 15.6 Å². The minimum atomic E-state index is -0.401. The van der Waals surface area contributed by atoms with Gasteiger partial charge in [-0.1, -0.05) is 38.1 Å². The SMILES string of the molecule is CC(C)(C)c1cc(NC(=O)Nc2ccc(-c3cnc(N)nc3)cc2)no1. The van der Waals surface area contributed by atoms with E-state index in [4.69, 9.17) is 10.3 Å². The van der Waals surface area contributed by atoms with Gasteiger partial charge in [0.2, 0.25) is 5.95 Å². The molecule has 4 N–H and O–H groups in total. The Morgan fingerprint density at radius 3 is 2.27 bits per heavy atom. The number of nitrogen functional groups attached to an aromatic ring is 1. The standard InChI is InChI=1S/C18H20N6O2/c1-18(2,3)14-8-15(24-26-14)23-17(25)22-13-6-4-11(5-7-13)12-9-20-16(19)21-10-12/h4-10H,1-3H3,(H2,19,20,21)(H2,22,23,24,25). The third-order valence-corrected chi connectivity index (χ3v) is 3.64. The average molecular weight is 352 g/mol. The number of nitrogens with zero attached hydrogens (tertiary/aromatic N) is 3. The molecule has 0 saturated heterocycles. The Labute approximate surface area is 150 Å². The highest BCUT2D eigenvalue weighted by Crippen LogP contribution is 2.24. The van der Waals surface area contributed by atoms with E-state index in [1.54, 1.807) is 30.6 Å². The summed E-state index contributed by atoms with van der Waals surface area (Å²) in [4.78, 5) is 20.0. The zero-order valence-electron chi connectivity index (χ0n) is 14.8. The number of hydrogen-bond donors (Lipinski definition) is 3. The molecule has 0 aliphatic heterocycles. The first-order valence-electron chi connectivity index (χ1n) is 8.04. The topological polar surface area (TPSA) is 119 Å². The van der Waals surface area contributed by atoms with Gasteiger partial charge in [0.05, 0.1) is 0 Å². The van der Waals surface area contributed by atoms with E-state index in [0.29, 0.717) is 17.3 Å². The van der Waals surface area contributed by atoms with Crippen LogP contribution in [0.1, 0.15) is 26.5 Å². The Balaban J connectivity index is 1.62. The second-order valence-electron chi connectivity index (χ2n) is 6.81. The molecule has 2 aromatic heterocycles. The summed E-state index contributed by atoms with van der Waals surface area (Å²) in [5, 5.41) is 9.24. The van der Waals surface area contributed by atoms with Crippen molar-refractivity contribution in [1.29, 1.82) is 0 Å². The zero-order valence-corrected chi connectivity index (χ0v) is 14.8. The molecule has 134 valence electrons. The van der Waals surface area contributed by atoms with E-state index < -0.39 is 6.03 Å². The van der Waals surface area contributed by atoms with Crippen LogP contribution in [0.15, 0.2) is 47.2 Å². The van der Waals surface area contributed by atoms with Gasteiger partial charge in [-0.25, -0.2) is 14.8 Å². The van der Waals surface area contributed by atoms with Gasteiger partial charge in [0, 0.05) is 35.1 Å². The molecule has 1 aromatic carbocycles. The van der Waals surface area contributed by atoms with Crippen LogP contribution in [0.4, 0.5) is 22.2 Å². The van der Waals surface area contributed by atoms with Crippen molar-refractivity contribution < 1.29 is 9.32 Å². The van der Waals surface area contributed by atoms with E-state index in [1.165, 1.54) is 0 Å². The molecule has 2 heterocycles. The Bertz CT molecular complexity index is 895. The van der Waals surface area contributed by atoms with Gasteiger partial charge in [-0.05, 0) is 17.7 Å². The van der Waals surface area contributed by atoms with E-state index in [-0.39, 0.29) is 11.4 Å². The van der Waals surface area contributed by atoms with Gasteiger partial charge in [0.25, 0.3) is 0 Å². The molecule has 0 spiro atoms. The number of aromatic nitrogens is 3. The third kappa shape index (κ3) is 4.15. The molecule has 0 unspecified atom stereocenters. The van der Waals surface area contributed by atoms with Crippen LogP contribution in [0, 0.1) is 0 Å². The van der Waals surface area contributed by atoms with E-state index in [0.717, 1.165) is 11.1 Å². The van der Waals surface area contributed by atoms with Gasteiger partial charge in [-0.3, -0.25) is 5.32 Å². The number of nitrogens with one attached hydrogen (secondary N) is 2. The fourth-order valence-electron chi connectivity index (χ4n) is 2.20. The van der Waals surface area contributed by atoms with Gasteiger partial charge in [-0.2, -0.15) is 0 Å². The normalized spacial score (nSPS) is 11.2. The maximum Gasteiger partial charge on any atom is 0.324 e. The fraction of sp³-hybridized carbons (Fsp3) is 0.222. The highest BCUT2D eigenvalue weighted by atomic mass is 16.5. The fourth-order valence-corrected chi connectivity index (χ4v) is 2.20. The number of nitrogens with two attached hydrogens (primary N) is 1. The van der Waals surface area contributed by atoms with Crippen LogP contribution < -0.4 is 16.4 Å². The second kappa shape index (κ2) is 6.83. The van der Waals surface area contributed by atoms with E-state index in [9.17, 15) is 4.79 Å². The van der Waals surface area contributed by atoms with Gasteiger partial charge in [-0.15, -0.1) is 0 Å². The predicted molar refractivity (Wildman–Crippen MR) is 99.7 cm³/mol. The lowest BCUT2D eigenvalue weighted by Crippen LogP contribution is -2.19. The van der Waals surface area contributed by atoms with Crippen LogP contribution in [0.2, 0.25) is 0 Å². The van der Waals surface area contributed by atoms with Gasteiger partial charge >= 0.3 is 6.03 Å². The number of carbonyl (C=O) groups excluding carboxylic acids is 1. The molecule has 0 bridgehead atoms. The first-order chi connectivity index (χ1) is 12.3. The first-order valence-corrected chi connectivity index (χ1v) is 8.04. The summed E-state index contributed by atoms with van der Waals surface area (Å²) in [5.74, 6) is 1.29. The molecular weight excluding hydrogens is 332 g/mol. The van der Waals surface area contributed by atoms with Crippen LogP contribution in [-0.2, 0) is 5.41 Å². The quantitative estimate of drug-likeness (QED) is 0.662. The van der Waals surface area contributed by atoms with Crippen LogP contribution >= 0.6 is 0 Å². The van der Waals surface area contributed by atoms with Crippen molar-refractivity contribution in [3.63, 3.8) is 0 Å². The smallest absolute Gasteiger partial charge is 0.324 e. The lowest BCUT2D eigenvalue weighted by Gasteiger charge is -2.12. The van der Waals surface area contributed by atoms with Crippen molar-refractivity contribution in [2.75, 3.05) is 16.4 Å². The monoisotopic (exact) mass is 352 g/mol. The predicted octanol–water partition coefficient (Wildman–Crippen LogP) is 3.66. The number of anilines is 3. The van der Waals surface area contributed by atoms with E-state index in [1.807, 2.05) is 32.9 Å². The highest BCUT2D eigenvalue weighted by Gasteiger charge is 2.20. The molecule has 0 fully saturated rings. The minimum Gasteiger partial charge on any atom is -0.368 e. The molecule has 8 heteroatoms. The molecule has 0 atom stereocenters. The number of carbonyl (C=O) groups is 1. The Morgan fingerprint density at radius 1 is 1.04 bits per heavy atom. The van der Waals surface area contributed by atoms with E-state index >= 15 is 0 Å². The van der Waals surface area contributed by atoms with Crippen molar-refractivity contribution in [3.05, 3.63) is 48.5 Å². The van der Waals surface area contributed by atoms with E-state index in [2.05, 4.69) is 25.8 Å². The Hall–Kier alpha value is -3.42. The summed E-state index contributed by atoms with van der Waals surface area (Å²) < 4.78 is 5.24. The Kier molecular flexibility index (Phi) is 4.57. The molecule has 0 saturated carbocycles. The lowest BCUT2D eigenvalue weighted by molar-refractivity contribution is 0.262. The molecule has 0 aliphatic carbocycles. The maximum atomic E-state index is 12.1. The summed E-state index contributed by atoms with van der Waals surface area (Å²) in [6.45, 7) is 6.01. The molecule has 0 radical (unpaired) electrons. The maximum absolute atomic E-state index is 12.1. The summed E-state index contributed by atoms with van der Waals surface area (Å²) >= 11 is 0. The van der Waals surface area contributed by atoms with Crippen LogP contribution in [-0.4, -0.2) is 21.2 Å². The molecule has 2 amide bonds. The van der Waals surface area contributed by atoms with Crippen molar-refractivity contribution in [2.24, 2.45) is 0 Å². The number of amides is 2. The molecule has 3 aromatic rings. The molecule has 26 heavy (non-hydrogen) atoms. The largest absolute Gasteiger partial charge is 0.368 e. The third-order valence-electron chi connectivity index (χ3n) is 3.64. The van der Waals surface area contributed by atoms with Crippen LogP contribution in [0.5, 0.6) is 0 Å². The molecule has 0 aliphatic rings. The van der Waals surface area contributed by atoms with Crippen molar-refractivity contribution in [1.82, 2.24) is 15.1 Å². The molecule has 8 nitrogen and oxygen atoms in total. The Morgan fingerprint density at radius 2 is 1.69 bits per heavy atom. The number of urea groups is 1. The minimum absolute atomic E-state index is 0.176. The van der Waals surface area contributed by atoms with Gasteiger partial charge in [0.15, 0.2) is 5.82 Å². The first kappa shape index (κ1) is 17.4. The number of benzene rings is 1. The number of rotatable bonds is 3. The summed E-state index contributed by atoms with van der Waals surface area (Å²) in [5.41, 5.74) is 7.71. The average Bonchev–Trinajstić information content (AvgIpc) is 3.05. The lowest BCUT2D eigenvalue weighted by atomic mass is 9.93. The second-order valence-corrected chi connectivity index (χ2v) is 6.81. The number of hydrogen-bond acceptors (Lipinski definition) is 6.